The van der Waals surface area contributed by atoms with Crippen LogP contribution in [0.3, 0.4) is 0 Å². The van der Waals surface area contributed by atoms with Crippen LogP contribution in [0.5, 0.6) is 0 Å². The Morgan fingerprint density at radius 1 is 1.11 bits per heavy atom. The molecule has 1 aromatic carbocycles. The molecule has 0 radical (unpaired) electrons. The van der Waals surface area contributed by atoms with E-state index in [0.717, 1.165) is 4.47 Å². The molecular formula is C12H9BrN2O2S. The first-order valence-electron chi connectivity index (χ1n) is 5.05. The molecule has 92 valence electrons. The van der Waals surface area contributed by atoms with Crippen LogP contribution in [0.15, 0.2) is 62.6 Å². The van der Waals surface area contributed by atoms with E-state index < -0.39 is 10.0 Å². The van der Waals surface area contributed by atoms with Crippen molar-refractivity contribution in [3.8, 4) is 0 Å². The summed E-state index contributed by atoms with van der Waals surface area (Å²) in [6.07, 6.45) is 2.72. The summed E-state index contributed by atoms with van der Waals surface area (Å²) in [7, 11) is -3.72. The van der Waals surface area contributed by atoms with Crippen molar-refractivity contribution in [2.75, 3.05) is 0 Å². The quantitative estimate of drug-likeness (QED) is 0.815. The highest BCUT2D eigenvalue weighted by molar-refractivity contribution is 9.10. The lowest BCUT2D eigenvalue weighted by Gasteiger charge is -1.97. The van der Waals surface area contributed by atoms with Gasteiger partial charge in [-0.05, 0) is 29.8 Å². The maximum atomic E-state index is 11.8. The highest BCUT2D eigenvalue weighted by atomic mass is 79.9. The van der Waals surface area contributed by atoms with E-state index in [4.69, 9.17) is 0 Å². The van der Waals surface area contributed by atoms with E-state index in [1.165, 1.54) is 18.5 Å². The predicted octanol–water partition coefficient (Wildman–Crippen LogP) is 2.65. The Labute approximate surface area is 114 Å². The minimum absolute atomic E-state index is 0.0571. The van der Waals surface area contributed by atoms with Gasteiger partial charge in [0.15, 0.2) is 5.03 Å². The highest BCUT2D eigenvalue weighted by Gasteiger charge is 2.11. The van der Waals surface area contributed by atoms with E-state index >= 15 is 0 Å². The molecule has 0 aliphatic heterocycles. The minimum Gasteiger partial charge on any atom is -0.243 e. The molecule has 0 fully saturated rings. The van der Waals surface area contributed by atoms with Gasteiger partial charge in [0.05, 0.1) is 0 Å². The summed E-state index contributed by atoms with van der Waals surface area (Å²) in [5.74, 6) is 0. The summed E-state index contributed by atoms with van der Waals surface area (Å²) in [5, 5.41) is -0.0571. The van der Waals surface area contributed by atoms with Crippen molar-refractivity contribution in [1.82, 2.24) is 4.98 Å². The van der Waals surface area contributed by atoms with Crippen molar-refractivity contribution in [1.29, 1.82) is 0 Å². The Hall–Kier alpha value is -1.53. The van der Waals surface area contributed by atoms with E-state index in [-0.39, 0.29) is 5.03 Å². The third-order valence-corrected chi connectivity index (χ3v) is 3.79. The molecule has 0 N–H and O–H groups in total. The average Bonchev–Trinajstić information content (AvgIpc) is 2.39. The second-order valence-electron chi connectivity index (χ2n) is 3.43. The van der Waals surface area contributed by atoms with Crippen LogP contribution in [0.25, 0.3) is 0 Å². The lowest BCUT2D eigenvalue weighted by Crippen LogP contribution is -2.00. The van der Waals surface area contributed by atoms with E-state index in [9.17, 15) is 8.42 Å². The molecule has 0 spiro atoms. The number of hydrogen-bond donors (Lipinski definition) is 0. The molecule has 2 rings (SSSR count). The van der Waals surface area contributed by atoms with Gasteiger partial charge in [-0.3, -0.25) is 0 Å². The Morgan fingerprint density at radius 2 is 1.83 bits per heavy atom. The van der Waals surface area contributed by atoms with E-state index in [1.54, 1.807) is 24.3 Å². The molecule has 0 amide bonds. The fourth-order valence-corrected chi connectivity index (χ4v) is 2.31. The lowest BCUT2D eigenvalue weighted by molar-refractivity contribution is 0.594. The van der Waals surface area contributed by atoms with Crippen LogP contribution < -0.4 is 0 Å². The number of nitrogens with zero attached hydrogens (tertiary/aromatic N) is 2. The normalized spacial score (nSPS) is 11.8. The predicted molar refractivity (Wildman–Crippen MR) is 73.2 cm³/mol. The maximum Gasteiger partial charge on any atom is 0.299 e. The van der Waals surface area contributed by atoms with Crippen molar-refractivity contribution in [2.24, 2.45) is 4.40 Å². The number of halogens is 1. The van der Waals surface area contributed by atoms with Crippen LogP contribution in [-0.4, -0.2) is 19.6 Å². The molecule has 0 bridgehead atoms. The zero-order valence-electron chi connectivity index (χ0n) is 9.19. The summed E-state index contributed by atoms with van der Waals surface area (Å²) >= 11 is 3.30. The summed E-state index contributed by atoms with van der Waals surface area (Å²) in [6.45, 7) is 0. The van der Waals surface area contributed by atoms with Gasteiger partial charge in [0.25, 0.3) is 10.0 Å². The van der Waals surface area contributed by atoms with Gasteiger partial charge >= 0.3 is 0 Å². The van der Waals surface area contributed by atoms with E-state index in [1.807, 2.05) is 12.1 Å². The summed E-state index contributed by atoms with van der Waals surface area (Å²) in [4.78, 5) is 3.77. The second kappa shape index (κ2) is 5.41. The lowest BCUT2D eigenvalue weighted by atomic mass is 10.2. The molecule has 2 aromatic rings. The summed E-state index contributed by atoms with van der Waals surface area (Å²) in [6, 6.07) is 11.8. The standard InChI is InChI=1S/C12H9BrN2O2S/c13-11-6-4-10(5-7-11)9-15-18(16,17)12-3-1-2-8-14-12/h1-9H/b15-9+. The largest absolute Gasteiger partial charge is 0.299 e. The first-order valence-corrected chi connectivity index (χ1v) is 7.28. The molecule has 0 aliphatic carbocycles. The van der Waals surface area contributed by atoms with Gasteiger partial charge in [-0.2, -0.15) is 12.8 Å². The fourth-order valence-electron chi connectivity index (χ4n) is 1.23. The van der Waals surface area contributed by atoms with Gasteiger partial charge in [0.2, 0.25) is 0 Å². The van der Waals surface area contributed by atoms with Crippen LogP contribution in [0.1, 0.15) is 5.56 Å². The van der Waals surface area contributed by atoms with Gasteiger partial charge in [0.1, 0.15) is 0 Å². The van der Waals surface area contributed by atoms with Crippen LogP contribution in [0.4, 0.5) is 0 Å². The van der Waals surface area contributed by atoms with Crippen molar-refractivity contribution in [3.05, 3.63) is 58.7 Å². The maximum absolute atomic E-state index is 11.8. The van der Waals surface area contributed by atoms with Crippen molar-refractivity contribution in [3.63, 3.8) is 0 Å². The van der Waals surface area contributed by atoms with Gasteiger partial charge in [0, 0.05) is 16.9 Å². The molecule has 6 heteroatoms. The molecule has 1 heterocycles. The minimum atomic E-state index is -3.72. The Kier molecular flexibility index (Phi) is 3.88. The second-order valence-corrected chi connectivity index (χ2v) is 5.92. The number of aromatic nitrogens is 1. The number of sulfonamides is 1. The van der Waals surface area contributed by atoms with E-state index in [2.05, 4.69) is 25.3 Å². The zero-order chi connectivity index (χ0) is 13.0. The number of pyridine rings is 1. The van der Waals surface area contributed by atoms with Crippen LogP contribution in [0.2, 0.25) is 0 Å². The van der Waals surface area contributed by atoms with Gasteiger partial charge in [-0.15, -0.1) is 0 Å². The molecule has 0 aliphatic rings. The van der Waals surface area contributed by atoms with Crippen molar-refractivity contribution >= 4 is 32.2 Å². The smallest absolute Gasteiger partial charge is 0.243 e. The monoisotopic (exact) mass is 324 g/mol. The Bertz CT molecular complexity index is 652. The SMILES string of the molecule is O=S(=O)(/N=C/c1ccc(Br)cc1)c1ccccn1. The van der Waals surface area contributed by atoms with Crippen molar-refractivity contribution < 1.29 is 8.42 Å². The number of hydrogen-bond acceptors (Lipinski definition) is 3. The van der Waals surface area contributed by atoms with Crippen LogP contribution in [0, 0.1) is 0 Å². The fraction of sp³-hybridized carbons (Fsp3) is 0. The zero-order valence-corrected chi connectivity index (χ0v) is 11.6. The molecule has 0 atom stereocenters. The molecule has 4 nitrogen and oxygen atoms in total. The number of benzene rings is 1. The van der Waals surface area contributed by atoms with Gasteiger partial charge in [-0.1, -0.05) is 34.1 Å². The van der Waals surface area contributed by atoms with Crippen LogP contribution >= 0.6 is 15.9 Å². The van der Waals surface area contributed by atoms with E-state index in [0.29, 0.717) is 5.56 Å². The molecule has 0 unspecified atom stereocenters. The summed E-state index contributed by atoms with van der Waals surface area (Å²) in [5.41, 5.74) is 0.706. The molecule has 0 saturated heterocycles. The molecule has 18 heavy (non-hydrogen) atoms. The topological polar surface area (TPSA) is 59.4 Å². The Morgan fingerprint density at radius 3 is 2.44 bits per heavy atom. The first kappa shape index (κ1) is 12.9. The number of rotatable bonds is 3. The molecular weight excluding hydrogens is 316 g/mol. The highest BCUT2D eigenvalue weighted by Crippen LogP contribution is 2.11. The summed E-state index contributed by atoms with van der Waals surface area (Å²) < 4.78 is 28.1. The molecule has 0 saturated carbocycles. The molecule has 1 aromatic heterocycles. The third-order valence-electron chi connectivity index (χ3n) is 2.11. The third kappa shape index (κ3) is 3.24. The first-order chi connectivity index (χ1) is 8.58. The van der Waals surface area contributed by atoms with Gasteiger partial charge < -0.3 is 0 Å². The average molecular weight is 325 g/mol. The van der Waals surface area contributed by atoms with Crippen molar-refractivity contribution in [2.45, 2.75) is 5.03 Å². The van der Waals surface area contributed by atoms with Gasteiger partial charge in [-0.25, -0.2) is 4.98 Å². The van der Waals surface area contributed by atoms with Crippen LogP contribution in [-0.2, 0) is 10.0 Å². The Balaban J connectivity index is 2.26.